The number of nitrogens with one attached hydrogen (secondary N) is 2. The monoisotopic (exact) mass is 486 g/mol. The second kappa shape index (κ2) is 10.5. The summed E-state index contributed by atoms with van der Waals surface area (Å²) in [4.78, 5) is 25.4. The average Bonchev–Trinajstić information content (AvgIpc) is 3.04. The zero-order valence-electron chi connectivity index (χ0n) is 21.1. The van der Waals surface area contributed by atoms with Crippen LogP contribution >= 0.6 is 0 Å². The quantitative estimate of drug-likeness (QED) is 0.551. The number of carbonyl (C=O) groups excluding carboxylic acids is 2. The first-order valence-electron chi connectivity index (χ1n) is 11.7. The normalized spacial score (nSPS) is 14.8. The Labute approximate surface area is 210 Å². The van der Waals surface area contributed by atoms with Crippen molar-refractivity contribution in [2.24, 2.45) is 5.10 Å². The molecule has 186 valence electrons. The Morgan fingerprint density at radius 2 is 1.61 bits per heavy atom. The van der Waals surface area contributed by atoms with E-state index in [-0.39, 0.29) is 18.0 Å². The van der Waals surface area contributed by atoms with Crippen LogP contribution in [0.1, 0.15) is 39.5 Å². The van der Waals surface area contributed by atoms with Gasteiger partial charge in [-0.1, -0.05) is 29.8 Å². The fraction of sp³-hybridized carbons (Fsp3) is 0.250. The minimum Gasteiger partial charge on any atom is -0.493 e. The molecule has 0 aliphatic carbocycles. The molecule has 1 aliphatic heterocycles. The van der Waals surface area contributed by atoms with Gasteiger partial charge in [0.05, 0.1) is 26.0 Å². The number of ether oxygens (including phenoxy) is 2. The number of fused-ring (bicyclic) bond motifs is 1. The van der Waals surface area contributed by atoms with Crippen LogP contribution in [-0.4, -0.2) is 50.0 Å². The zero-order chi connectivity index (χ0) is 25.8. The summed E-state index contributed by atoms with van der Waals surface area (Å²) in [5.41, 5.74) is 5.54. The largest absolute Gasteiger partial charge is 0.493 e. The van der Waals surface area contributed by atoms with E-state index in [9.17, 15) is 9.59 Å². The SMILES string of the molecule is CNC(=O)N1N=C(c2ccc(C(=O)Nc3ccc(C)cc3)cc2)c2cc(OC)c(OC)cc2C[C@H]1C. The molecule has 0 bridgehead atoms. The van der Waals surface area contributed by atoms with E-state index in [1.54, 1.807) is 33.4 Å². The first-order valence-corrected chi connectivity index (χ1v) is 11.7. The molecule has 8 nitrogen and oxygen atoms in total. The summed E-state index contributed by atoms with van der Waals surface area (Å²) in [6, 6.07) is 18.1. The van der Waals surface area contributed by atoms with Gasteiger partial charge in [0, 0.05) is 29.4 Å². The average molecular weight is 487 g/mol. The zero-order valence-corrected chi connectivity index (χ0v) is 21.1. The first-order chi connectivity index (χ1) is 17.3. The molecule has 3 amide bonds. The van der Waals surface area contributed by atoms with E-state index in [0.717, 1.165) is 27.9 Å². The summed E-state index contributed by atoms with van der Waals surface area (Å²) in [6.45, 7) is 3.94. The lowest BCUT2D eigenvalue weighted by Gasteiger charge is -2.22. The molecule has 1 atom stereocenters. The molecule has 1 heterocycles. The number of hydrogen-bond acceptors (Lipinski definition) is 5. The summed E-state index contributed by atoms with van der Waals surface area (Å²) in [6.07, 6.45) is 0.577. The van der Waals surface area contributed by atoms with Gasteiger partial charge >= 0.3 is 6.03 Å². The lowest BCUT2D eigenvalue weighted by molar-refractivity contribution is 0.102. The highest BCUT2D eigenvalue weighted by atomic mass is 16.5. The molecular formula is C28H30N4O4. The van der Waals surface area contributed by atoms with Gasteiger partial charge in [-0.15, -0.1) is 0 Å². The first kappa shape index (κ1) is 24.8. The fourth-order valence-electron chi connectivity index (χ4n) is 4.17. The number of amides is 3. The number of anilines is 1. The number of benzene rings is 3. The van der Waals surface area contributed by atoms with Crippen LogP contribution in [0.3, 0.4) is 0 Å². The van der Waals surface area contributed by atoms with Crippen LogP contribution in [0.15, 0.2) is 65.8 Å². The van der Waals surface area contributed by atoms with E-state index < -0.39 is 0 Å². The molecule has 2 N–H and O–H groups in total. The van der Waals surface area contributed by atoms with Gasteiger partial charge in [0.1, 0.15) is 0 Å². The summed E-state index contributed by atoms with van der Waals surface area (Å²) >= 11 is 0. The molecular weight excluding hydrogens is 456 g/mol. The molecule has 4 rings (SSSR count). The molecule has 0 spiro atoms. The van der Waals surface area contributed by atoms with Crippen molar-refractivity contribution in [3.8, 4) is 11.5 Å². The number of rotatable bonds is 5. The minimum atomic E-state index is -0.305. The Morgan fingerprint density at radius 1 is 0.972 bits per heavy atom. The van der Waals surface area contributed by atoms with E-state index in [1.807, 2.05) is 62.4 Å². The predicted octanol–water partition coefficient (Wildman–Crippen LogP) is 4.60. The summed E-state index contributed by atoms with van der Waals surface area (Å²) in [5, 5.41) is 11.8. The molecule has 0 saturated carbocycles. The predicted molar refractivity (Wildman–Crippen MR) is 140 cm³/mol. The van der Waals surface area contributed by atoms with Crippen LogP contribution in [0.5, 0.6) is 11.5 Å². The lowest BCUT2D eigenvalue weighted by atomic mass is 9.93. The van der Waals surface area contributed by atoms with Gasteiger partial charge in [-0.25, -0.2) is 9.80 Å². The minimum absolute atomic E-state index is 0.195. The second-order valence-electron chi connectivity index (χ2n) is 8.66. The Kier molecular flexibility index (Phi) is 7.24. The van der Waals surface area contributed by atoms with Gasteiger partial charge in [0.25, 0.3) is 5.91 Å². The van der Waals surface area contributed by atoms with Crippen LogP contribution in [0.25, 0.3) is 0 Å². The Hall–Kier alpha value is -4.33. The molecule has 0 aromatic heterocycles. The van der Waals surface area contributed by atoms with Gasteiger partial charge in [0.2, 0.25) is 0 Å². The standard InChI is InChI=1S/C28H30N4O4/c1-17-6-12-22(13-7-17)30-27(33)20-10-8-19(9-11-20)26-23-16-25(36-5)24(35-4)15-21(23)14-18(2)32(31-26)28(34)29-3/h6-13,15-16,18H,14H2,1-5H3,(H,29,34)(H,30,33)/t18-/m1/s1. The smallest absolute Gasteiger partial charge is 0.337 e. The molecule has 36 heavy (non-hydrogen) atoms. The number of nitrogens with zero attached hydrogens (tertiary/aromatic N) is 2. The molecule has 3 aromatic carbocycles. The van der Waals surface area contributed by atoms with Gasteiger partial charge in [-0.05, 0) is 62.2 Å². The van der Waals surface area contributed by atoms with Gasteiger partial charge in [-0.3, -0.25) is 4.79 Å². The summed E-state index contributed by atoms with van der Waals surface area (Å²) < 4.78 is 11.0. The van der Waals surface area contributed by atoms with Crippen molar-refractivity contribution in [1.29, 1.82) is 0 Å². The van der Waals surface area contributed by atoms with Crippen molar-refractivity contribution < 1.29 is 19.1 Å². The molecule has 0 fully saturated rings. The number of methoxy groups -OCH3 is 2. The van der Waals surface area contributed by atoms with Gasteiger partial charge in [0.15, 0.2) is 11.5 Å². The van der Waals surface area contributed by atoms with Crippen molar-refractivity contribution in [2.45, 2.75) is 26.3 Å². The van der Waals surface area contributed by atoms with Crippen molar-refractivity contribution in [3.63, 3.8) is 0 Å². The Morgan fingerprint density at radius 3 is 2.22 bits per heavy atom. The van der Waals surface area contributed by atoms with Crippen molar-refractivity contribution in [2.75, 3.05) is 26.6 Å². The van der Waals surface area contributed by atoms with Gasteiger partial charge < -0.3 is 20.1 Å². The highest BCUT2D eigenvalue weighted by molar-refractivity contribution is 6.15. The number of urea groups is 1. The fourth-order valence-corrected chi connectivity index (χ4v) is 4.17. The number of aryl methyl sites for hydroxylation is 1. The number of carbonyl (C=O) groups is 2. The molecule has 1 aliphatic rings. The highest BCUT2D eigenvalue weighted by Gasteiger charge is 2.28. The van der Waals surface area contributed by atoms with Crippen LogP contribution in [0.4, 0.5) is 10.5 Å². The molecule has 0 saturated heterocycles. The Balaban J connectivity index is 1.73. The van der Waals surface area contributed by atoms with E-state index in [1.165, 1.54) is 5.01 Å². The third kappa shape index (κ3) is 5.02. The van der Waals surface area contributed by atoms with E-state index in [4.69, 9.17) is 14.6 Å². The topological polar surface area (TPSA) is 92.3 Å². The van der Waals surface area contributed by atoms with E-state index in [0.29, 0.717) is 29.2 Å². The highest BCUT2D eigenvalue weighted by Crippen LogP contribution is 2.34. The molecule has 8 heteroatoms. The number of hydrogen-bond donors (Lipinski definition) is 2. The molecule has 0 radical (unpaired) electrons. The van der Waals surface area contributed by atoms with Crippen molar-refractivity contribution in [1.82, 2.24) is 10.3 Å². The van der Waals surface area contributed by atoms with E-state index in [2.05, 4.69) is 10.6 Å². The summed E-state index contributed by atoms with van der Waals surface area (Å²) in [7, 11) is 4.76. The van der Waals surface area contributed by atoms with Crippen LogP contribution in [-0.2, 0) is 6.42 Å². The van der Waals surface area contributed by atoms with Crippen LogP contribution < -0.4 is 20.1 Å². The maximum atomic E-state index is 12.8. The maximum Gasteiger partial charge on any atom is 0.337 e. The van der Waals surface area contributed by atoms with Crippen molar-refractivity contribution in [3.05, 3.63) is 88.5 Å². The third-order valence-corrected chi connectivity index (χ3v) is 6.16. The third-order valence-electron chi connectivity index (χ3n) is 6.16. The Bertz CT molecular complexity index is 1300. The van der Waals surface area contributed by atoms with Crippen LogP contribution in [0.2, 0.25) is 0 Å². The van der Waals surface area contributed by atoms with E-state index >= 15 is 0 Å². The summed E-state index contributed by atoms with van der Waals surface area (Å²) in [5.74, 6) is 0.971. The van der Waals surface area contributed by atoms with Crippen LogP contribution in [0, 0.1) is 6.92 Å². The second-order valence-corrected chi connectivity index (χ2v) is 8.66. The molecule has 3 aromatic rings. The maximum absolute atomic E-state index is 12.8. The lowest BCUT2D eigenvalue weighted by Crippen LogP contribution is -2.41. The van der Waals surface area contributed by atoms with Crippen molar-refractivity contribution >= 4 is 23.3 Å². The molecule has 0 unspecified atom stereocenters. The number of hydrazone groups is 1. The van der Waals surface area contributed by atoms with Gasteiger partial charge in [-0.2, -0.15) is 5.10 Å².